The third-order valence-corrected chi connectivity index (χ3v) is 6.35. The third kappa shape index (κ3) is 2.24. The number of nitrogens with zero attached hydrogens (tertiary/aromatic N) is 1. The van der Waals surface area contributed by atoms with Gasteiger partial charge in [0.2, 0.25) is 0 Å². The average molecular weight is 253 g/mol. The third-order valence-electron chi connectivity index (χ3n) is 3.75. The quantitative estimate of drug-likeness (QED) is 0.808. The fraction of sp³-hybridized carbons (Fsp3) is 0.538. The van der Waals surface area contributed by atoms with Gasteiger partial charge in [-0.3, -0.25) is 0 Å². The number of sulfone groups is 1. The molecule has 1 aliphatic heterocycles. The van der Waals surface area contributed by atoms with Crippen molar-refractivity contribution < 1.29 is 8.42 Å². The molecule has 1 aromatic rings. The van der Waals surface area contributed by atoms with E-state index in [9.17, 15) is 8.42 Å². The van der Waals surface area contributed by atoms with Gasteiger partial charge in [0.15, 0.2) is 9.84 Å². The highest BCUT2D eigenvalue weighted by Gasteiger charge is 2.41. The van der Waals surface area contributed by atoms with Gasteiger partial charge in [-0.25, -0.2) is 8.42 Å². The van der Waals surface area contributed by atoms with Crippen LogP contribution in [0.2, 0.25) is 0 Å². The molecule has 1 aromatic carbocycles. The molecular weight excluding hydrogens is 234 g/mol. The number of hydrogen-bond acceptors (Lipinski definition) is 3. The summed E-state index contributed by atoms with van der Waals surface area (Å²) in [6, 6.07) is 8.80. The predicted molar refractivity (Wildman–Crippen MR) is 68.8 cm³/mol. The fourth-order valence-electron chi connectivity index (χ4n) is 2.24. The van der Waals surface area contributed by atoms with Crippen LogP contribution in [0.25, 0.3) is 0 Å². The molecule has 17 heavy (non-hydrogen) atoms. The van der Waals surface area contributed by atoms with Gasteiger partial charge >= 0.3 is 0 Å². The molecule has 0 aromatic heterocycles. The Labute approximate surface area is 103 Å². The van der Waals surface area contributed by atoms with Crippen LogP contribution in [0.4, 0.5) is 0 Å². The minimum absolute atomic E-state index is 0.451. The molecular formula is C13H19NO2S. The molecule has 0 aliphatic carbocycles. The van der Waals surface area contributed by atoms with Gasteiger partial charge in [-0.1, -0.05) is 18.2 Å². The van der Waals surface area contributed by atoms with E-state index in [1.54, 1.807) is 24.3 Å². The molecule has 0 spiro atoms. The maximum absolute atomic E-state index is 12.6. The lowest BCUT2D eigenvalue weighted by Gasteiger charge is -2.37. The van der Waals surface area contributed by atoms with E-state index in [1.807, 2.05) is 20.0 Å². The normalized spacial score (nSPS) is 21.3. The van der Waals surface area contributed by atoms with E-state index in [4.69, 9.17) is 0 Å². The first-order valence-corrected chi connectivity index (χ1v) is 7.42. The molecule has 0 saturated carbocycles. The minimum atomic E-state index is -3.21. The number of hydrogen-bond donors (Lipinski definition) is 0. The number of likely N-dealkylation sites (tertiary alicyclic amines) is 1. The van der Waals surface area contributed by atoms with Gasteiger partial charge in [0.05, 0.1) is 9.64 Å². The highest BCUT2D eigenvalue weighted by Crippen LogP contribution is 2.34. The van der Waals surface area contributed by atoms with Crippen molar-refractivity contribution in [3.63, 3.8) is 0 Å². The number of piperidine rings is 1. The Kier molecular flexibility index (Phi) is 3.27. The molecule has 0 amide bonds. The Balaban J connectivity index is 2.33. The minimum Gasteiger partial charge on any atom is -0.306 e. The maximum Gasteiger partial charge on any atom is 0.183 e. The molecule has 0 atom stereocenters. The molecule has 94 valence electrons. The first-order chi connectivity index (χ1) is 7.96. The molecule has 0 radical (unpaired) electrons. The van der Waals surface area contributed by atoms with E-state index in [2.05, 4.69) is 4.90 Å². The zero-order chi connectivity index (χ0) is 12.5. The topological polar surface area (TPSA) is 37.4 Å². The van der Waals surface area contributed by atoms with Crippen molar-refractivity contribution in [1.82, 2.24) is 4.90 Å². The Hall–Kier alpha value is -0.870. The highest BCUT2D eigenvalue weighted by atomic mass is 32.2. The zero-order valence-corrected chi connectivity index (χ0v) is 11.2. The van der Waals surface area contributed by atoms with Gasteiger partial charge in [-0.05, 0) is 52.0 Å². The van der Waals surface area contributed by atoms with Crippen molar-refractivity contribution in [2.45, 2.75) is 29.4 Å². The summed E-state index contributed by atoms with van der Waals surface area (Å²) < 4.78 is 24.6. The van der Waals surface area contributed by atoms with E-state index >= 15 is 0 Å². The predicted octanol–water partition coefficient (Wildman–Crippen LogP) is 1.94. The molecule has 1 heterocycles. The van der Waals surface area contributed by atoms with Gasteiger partial charge in [-0.2, -0.15) is 0 Å². The van der Waals surface area contributed by atoms with Crippen LogP contribution < -0.4 is 0 Å². The second-order valence-corrected chi connectivity index (χ2v) is 7.53. The van der Waals surface area contributed by atoms with E-state index < -0.39 is 14.6 Å². The van der Waals surface area contributed by atoms with Crippen molar-refractivity contribution >= 4 is 9.84 Å². The van der Waals surface area contributed by atoms with E-state index in [1.165, 1.54) is 0 Å². The molecule has 1 aliphatic rings. The van der Waals surface area contributed by atoms with Crippen molar-refractivity contribution in [2.24, 2.45) is 0 Å². The van der Waals surface area contributed by atoms with Crippen LogP contribution in [-0.2, 0) is 9.84 Å². The van der Waals surface area contributed by atoms with Crippen LogP contribution in [0.15, 0.2) is 35.2 Å². The number of benzene rings is 1. The first kappa shape index (κ1) is 12.6. The van der Waals surface area contributed by atoms with E-state index in [-0.39, 0.29) is 0 Å². The van der Waals surface area contributed by atoms with Crippen molar-refractivity contribution in [3.8, 4) is 0 Å². The summed E-state index contributed by atoms with van der Waals surface area (Å²) in [5.41, 5.74) is 0. The van der Waals surface area contributed by atoms with Crippen molar-refractivity contribution in [2.75, 3.05) is 20.1 Å². The fourth-order valence-corrected chi connectivity index (χ4v) is 4.05. The highest BCUT2D eigenvalue weighted by molar-refractivity contribution is 7.92. The SMILES string of the molecule is CN1CCC(C)(S(=O)(=O)c2ccccc2)CC1. The summed E-state index contributed by atoms with van der Waals surface area (Å²) in [6.07, 6.45) is 1.42. The molecule has 2 rings (SSSR count). The lowest BCUT2D eigenvalue weighted by molar-refractivity contribution is 0.240. The Morgan fingerprint density at radius 3 is 2.18 bits per heavy atom. The summed E-state index contributed by atoms with van der Waals surface area (Å²) in [7, 11) is -1.18. The van der Waals surface area contributed by atoms with Crippen LogP contribution in [0.5, 0.6) is 0 Å². The van der Waals surface area contributed by atoms with Crippen LogP contribution >= 0.6 is 0 Å². The first-order valence-electron chi connectivity index (χ1n) is 5.94. The lowest BCUT2D eigenvalue weighted by Crippen LogP contribution is -2.45. The second kappa shape index (κ2) is 4.42. The average Bonchev–Trinajstić information content (AvgIpc) is 2.34. The van der Waals surface area contributed by atoms with E-state index in [0.717, 1.165) is 13.1 Å². The Bertz CT molecular complexity index is 473. The van der Waals surface area contributed by atoms with Gasteiger partial charge in [0, 0.05) is 0 Å². The zero-order valence-electron chi connectivity index (χ0n) is 10.4. The lowest BCUT2D eigenvalue weighted by atomic mass is 9.98. The summed E-state index contributed by atoms with van der Waals surface area (Å²) >= 11 is 0. The summed E-state index contributed by atoms with van der Waals surface area (Å²) in [5.74, 6) is 0. The molecule has 0 bridgehead atoms. The summed E-state index contributed by atoms with van der Waals surface area (Å²) in [6.45, 7) is 3.58. The largest absolute Gasteiger partial charge is 0.306 e. The van der Waals surface area contributed by atoms with Crippen LogP contribution in [0, 0.1) is 0 Å². The maximum atomic E-state index is 12.6. The molecule has 4 heteroatoms. The Morgan fingerprint density at radius 1 is 1.12 bits per heavy atom. The summed E-state index contributed by atoms with van der Waals surface area (Å²) in [5, 5.41) is 0. The standard InChI is InChI=1S/C13H19NO2S/c1-13(8-10-14(2)11-9-13)17(15,16)12-6-4-3-5-7-12/h3-7H,8-11H2,1-2H3. The molecule has 0 unspecified atom stereocenters. The van der Waals surface area contributed by atoms with Crippen molar-refractivity contribution in [3.05, 3.63) is 30.3 Å². The smallest absolute Gasteiger partial charge is 0.183 e. The molecule has 1 fully saturated rings. The monoisotopic (exact) mass is 253 g/mol. The van der Waals surface area contributed by atoms with Crippen LogP contribution in [-0.4, -0.2) is 38.2 Å². The van der Waals surface area contributed by atoms with E-state index in [0.29, 0.717) is 17.7 Å². The second-order valence-electron chi connectivity index (χ2n) is 5.07. The van der Waals surface area contributed by atoms with Crippen LogP contribution in [0.1, 0.15) is 19.8 Å². The van der Waals surface area contributed by atoms with Crippen LogP contribution in [0.3, 0.4) is 0 Å². The molecule has 1 saturated heterocycles. The number of rotatable bonds is 2. The Morgan fingerprint density at radius 2 is 1.65 bits per heavy atom. The molecule has 3 nitrogen and oxygen atoms in total. The van der Waals surface area contributed by atoms with Gasteiger partial charge < -0.3 is 4.90 Å². The van der Waals surface area contributed by atoms with Gasteiger partial charge in [-0.15, -0.1) is 0 Å². The van der Waals surface area contributed by atoms with Crippen molar-refractivity contribution in [1.29, 1.82) is 0 Å². The van der Waals surface area contributed by atoms with Gasteiger partial charge in [0.1, 0.15) is 0 Å². The summed E-state index contributed by atoms with van der Waals surface area (Å²) in [4.78, 5) is 2.63. The molecule has 0 N–H and O–H groups in total. The van der Waals surface area contributed by atoms with Gasteiger partial charge in [0.25, 0.3) is 0 Å².